The van der Waals surface area contributed by atoms with Crippen molar-refractivity contribution in [3.8, 4) is 5.88 Å². The van der Waals surface area contributed by atoms with Crippen LogP contribution in [0.5, 0.6) is 5.88 Å². The Morgan fingerprint density at radius 1 is 1.20 bits per heavy atom. The zero-order chi connectivity index (χ0) is 14.2. The standard InChI is InChI=1S/C16H17NO3/c1-19-16(18)14-9-10-17-15(12-14)20-11-5-8-13-6-3-2-4-7-13/h2-4,6-7,9-10,12H,5,8,11H2,1H3. The van der Waals surface area contributed by atoms with Crippen LogP contribution in [0.3, 0.4) is 0 Å². The minimum atomic E-state index is -0.387. The third kappa shape index (κ3) is 4.09. The summed E-state index contributed by atoms with van der Waals surface area (Å²) in [7, 11) is 1.35. The number of hydrogen-bond acceptors (Lipinski definition) is 4. The first-order chi connectivity index (χ1) is 9.79. The molecule has 0 saturated carbocycles. The highest BCUT2D eigenvalue weighted by molar-refractivity contribution is 5.89. The highest BCUT2D eigenvalue weighted by Crippen LogP contribution is 2.11. The molecule has 0 aliphatic heterocycles. The number of aromatic nitrogens is 1. The Hall–Kier alpha value is -2.36. The van der Waals surface area contributed by atoms with E-state index >= 15 is 0 Å². The Kier molecular flexibility index (Phi) is 5.12. The predicted octanol–water partition coefficient (Wildman–Crippen LogP) is 2.88. The molecule has 0 N–H and O–H groups in total. The van der Waals surface area contributed by atoms with Gasteiger partial charge in [-0.1, -0.05) is 30.3 Å². The van der Waals surface area contributed by atoms with Gasteiger partial charge in [-0.2, -0.15) is 0 Å². The second-order valence-corrected chi connectivity index (χ2v) is 4.31. The molecule has 0 aliphatic rings. The smallest absolute Gasteiger partial charge is 0.338 e. The number of benzene rings is 1. The van der Waals surface area contributed by atoms with E-state index in [0.29, 0.717) is 18.1 Å². The van der Waals surface area contributed by atoms with E-state index in [4.69, 9.17) is 4.74 Å². The SMILES string of the molecule is COC(=O)c1ccnc(OCCCc2ccccc2)c1. The number of ether oxygens (including phenoxy) is 2. The number of hydrogen-bond donors (Lipinski definition) is 0. The summed E-state index contributed by atoms with van der Waals surface area (Å²) in [5.41, 5.74) is 1.73. The van der Waals surface area contributed by atoms with Gasteiger partial charge in [-0.25, -0.2) is 9.78 Å². The Bertz CT molecular complexity index is 555. The van der Waals surface area contributed by atoms with Gasteiger partial charge in [0.15, 0.2) is 0 Å². The molecule has 0 atom stereocenters. The molecule has 0 spiro atoms. The molecule has 0 amide bonds. The summed E-state index contributed by atoms with van der Waals surface area (Å²) in [4.78, 5) is 15.4. The summed E-state index contributed by atoms with van der Waals surface area (Å²) in [6.07, 6.45) is 3.39. The number of pyridine rings is 1. The number of carbonyl (C=O) groups excluding carboxylic acids is 1. The Morgan fingerprint density at radius 3 is 2.75 bits per heavy atom. The lowest BCUT2D eigenvalue weighted by molar-refractivity contribution is 0.0600. The van der Waals surface area contributed by atoms with Gasteiger partial charge in [0, 0.05) is 12.3 Å². The van der Waals surface area contributed by atoms with Crippen LogP contribution in [-0.4, -0.2) is 24.7 Å². The number of aryl methyl sites for hydroxylation is 1. The average Bonchev–Trinajstić information content (AvgIpc) is 2.52. The second kappa shape index (κ2) is 7.28. The fourth-order valence-electron chi connectivity index (χ4n) is 1.83. The van der Waals surface area contributed by atoms with Gasteiger partial charge in [0.2, 0.25) is 5.88 Å². The maximum absolute atomic E-state index is 11.4. The van der Waals surface area contributed by atoms with Crippen LogP contribution in [0.1, 0.15) is 22.3 Å². The summed E-state index contributed by atoms with van der Waals surface area (Å²) in [6, 6.07) is 13.4. The van der Waals surface area contributed by atoms with Crippen molar-refractivity contribution >= 4 is 5.97 Å². The van der Waals surface area contributed by atoms with E-state index in [0.717, 1.165) is 12.8 Å². The summed E-state index contributed by atoms with van der Waals surface area (Å²) < 4.78 is 10.2. The monoisotopic (exact) mass is 271 g/mol. The first-order valence-electron chi connectivity index (χ1n) is 6.50. The molecule has 0 aliphatic carbocycles. The van der Waals surface area contributed by atoms with Crippen LogP contribution in [0.2, 0.25) is 0 Å². The van der Waals surface area contributed by atoms with Crippen molar-refractivity contribution in [3.05, 3.63) is 59.8 Å². The topological polar surface area (TPSA) is 48.4 Å². The van der Waals surface area contributed by atoms with Crippen molar-refractivity contribution in [1.29, 1.82) is 0 Å². The normalized spacial score (nSPS) is 10.1. The van der Waals surface area contributed by atoms with Gasteiger partial charge in [-0.15, -0.1) is 0 Å². The lowest BCUT2D eigenvalue weighted by atomic mass is 10.1. The maximum Gasteiger partial charge on any atom is 0.338 e. The molecular formula is C16H17NO3. The molecular weight excluding hydrogens is 254 g/mol. The summed E-state index contributed by atoms with van der Waals surface area (Å²) in [6.45, 7) is 0.562. The van der Waals surface area contributed by atoms with Crippen molar-refractivity contribution in [3.63, 3.8) is 0 Å². The number of esters is 1. The van der Waals surface area contributed by atoms with Gasteiger partial charge in [0.25, 0.3) is 0 Å². The van der Waals surface area contributed by atoms with Gasteiger partial charge in [-0.05, 0) is 24.5 Å². The molecule has 0 fully saturated rings. The zero-order valence-corrected chi connectivity index (χ0v) is 11.4. The third-order valence-corrected chi connectivity index (χ3v) is 2.86. The Labute approximate surface area is 118 Å². The maximum atomic E-state index is 11.4. The first-order valence-corrected chi connectivity index (χ1v) is 6.50. The Morgan fingerprint density at radius 2 is 2.00 bits per heavy atom. The van der Waals surface area contributed by atoms with Crippen LogP contribution in [0, 0.1) is 0 Å². The van der Waals surface area contributed by atoms with Crippen LogP contribution in [0.15, 0.2) is 48.7 Å². The summed E-state index contributed by atoms with van der Waals surface area (Å²) in [5, 5.41) is 0. The minimum Gasteiger partial charge on any atom is -0.478 e. The molecule has 20 heavy (non-hydrogen) atoms. The molecule has 0 radical (unpaired) electrons. The summed E-state index contributed by atoms with van der Waals surface area (Å²) >= 11 is 0. The van der Waals surface area contributed by atoms with Gasteiger partial charge >= 0.3 is 5.97 Å². The molecule has 2 rings (SSSR count). The van der Waals surface area contributed by atoms with Crippen LogP contribution in [-0.2, 0) is 11.2 Å². The average molecular weight is 271 g/mol. The highest BCUT2D eigenvalue weighted by atomic mass is 16.5. The van der Waals surface area contributed by atoms with Crippen molar-refractivity contribution in [2.24, 2.45) is 0 Å². The van der Waals surface area contributed by atoms with Crippen LogP contribution >= 0.6 is 0 Å². The van der Waals surface area contributed by atoms with Crippen LogP contribution in [0.4, 0.5) is 0 Å². The second-order valence-electron chi connectivity index (χ2n) is 4.31. The number of carbonyl (C=O) groups is 1. The van der Waals surface area contributed by atoms with Crippen LogP contribution in [0.25, 0.3) is 0 Å². The van der Waals surface area contributed by atoms with E-state index in [1.807, 2.05) is 18.2 Å². The molecule has 1 aromatic heterocycles. The lowest BCUT2D eigenvalue weighted by Crippen LogP contribution is -2.04. The number of nitrogens with zero attached hydrogens (tertiary/aromatic N) is 1. The minimum absolute atomic E-state index is 0.387. The van der Waals surface area contributed by atoms with E-state index in [9.17, 15) is 4.79 Å². The summed E-state index contributed by atoms with van der Waals surface area (Å²) in [5.74, 6) is 0.0579. The molecule has 0 saturated heterocycles. The van der Waals surface area contributed by atoms with Crippen molar-refractivity contribution in [2.75, 3.05) is 13.7 Å². The number of methoxy groups -OCH3 is 1. The molecule has 1 heterocycles. The molecule has 4 heteroatoms. The quantitative estimate of drug-likeness (QED) is 0.598. The van der Waals surface area contributed by atoms with Gasteiger partial charge in [0.1, 0.15) is 0 Å². The highest BCUT2D eigenvalue weighted by Gasteiger charge is 2.06. The number of rotatable bonds is 6. The molecule has 0 unspecified atom stereocenters. The van der Waals surface area contributed by atoms with Crippen molar-refractivity contribution < 1.29 is 14.3 Å². The lowest BCUT2D eigenvalue weighted by Gasteiger charge is -2.06. The Balaban J connectivity index is 1.81. The predicted molar refractivity (Wildman–Crippen MR) is 75.8 cm³/mol. The van der Waals surface area contributed by atoms with E-state index in [2.05, 4.69) is 21.9 Å². The third-order valence-electron chi connectivity index (χ3n) is 2.86. The van der Waals surface area contributed by atoms with Gasteiger partial charge < -0.3 is 9.47 Å². The van der Waals surface area contributed by atoms with Gasteiger partial charge in [0.05, 0.1) is 19.3 Å². The first kappa shape index (κ1) is 14.1. The van der Waals surface area contributed by atoms with E-state index in [1.165, 1.54) is 12.7 Å². The fourth-order valence-corrected chi connectivity index (χ4v) is 1.83. The van der Waals surface area contributed by atoms with Crippen LogP contribution < -0.4 is 4.74 Å². The molecule has 2 aromatic rings. The van der Waals surface area contributed by atoms with Crippen molar-refractivity contribution in [1.82, 2.24) is 4.98 Å². The van der Waals surface area contributed by atoms with Crippen molar-refractivity contribution in [2.45, 2.75) is 12.8 Å². The molecule has 0 bridgehead atoms. The van der Waals surface area contributed by atoms with Gasteiger partial charge in [-0.3, -0.25) is 0 Å². The fraction of sp³-hybridized carbons (Fsp3) is 0.250. The zero-order valence-electron chi connectivity index (χ0n) is 11.4. The van der Waals surface area contributed by atoms with E-state index < -0.39 is 0 Å². The van der Waals surface area contributed by atoms with E-state index in [1.54, 1.807) is 18.3 Å². The molecule has 1 aromatic carbocycles. The molecule has 4 nitrogen and oxygen atoms in total. The largest absolute Gasteiger partial charge is 0.478 e. The molecule has 104 valence electrons. The van der Waals surface area contributed by atoms with E-state index in [-0.39, 0.29) is 5.97 Å².